The van der Waals surface area contributed by atoms with Crippen LogP contribution in [0.1, 0.15) is 30.1 Å². The standard InChI is InChI=1S/C15H25N5O.HI/c1-4-5-11-20(3)15(16-2)19-10-9-18-14(21)13-7-6-8-17-12-13;/h6-8,12H,4-5,9-11H2,1-3H3,(H,16,19)(H,18,21);1H. The van der Waals surface area contributed by atoms with Crippen molar-refractivity contribution in [1.82, 2.24) is 20.5 Å². The third kappa shape index (κ3) is 7.58. The number of nitrogens with zero attached hydrogens (tertiary/aromatic N) is 3. The lowest BCUT2D eigenvalue weighted by Gasteiger charge is -2.21. The van der Waals surface area contributed by atoms with Gasteiger partial charge >= 0.3 is 0 Å². The van der Waals surface area contributed by atoms with Crippen LogP contribution in [0.3, 0.4) is 0 Å². The van der Waals surface area contributed by atoms with Crippen LogP contribution in [0.5, 0.6) is 0 Å². The molecule has 0 saturated heterocycles. The van der Waals surface area contributed by atoms with E-state index in [1.54, 1.807) is 31.6 Å². The summed E-state index contributed by atoms with van der Waals surface area (Å²) < 4.78 is 0. The third-order valence-electron chi connectivity index (χ3n) is 3.04. The normalized spacial score (nSPS) is 10.6. The quantitative estimate of drug-likeness (QED) is 0.306. The van der Waals surface area contributed by atoms with Crippen LogP contribution in [-0.2, 0) is 0 Å². The van der Waals surface area contributed by atoms with Crippen LogP contribution in [0.15, 0.2) is 29.5 Å². The van der Waals surface area contributed by atoms with E-state index in [2.05, 4.69) is 32.4 Å². The van der Waals surface area contributed by atoms with Crippen molar-refractivity contribution in [3.05, 3.63) is 30.1 Å². The van der Waals surface area contributed by atoms with E-state index in [4.69, 9.17) is 0 Å². The number of nitrogens with one attached hydrogen (secondary N) is 2. The number of hydrogen-bond donors (Lipinski definition) is 2. The molecule has 0 atom stereocenters. The zero-order valence-electron chi connectivity index (χ0n) is 13.5. The molecule has 6 nitrogen and oxygen atoms in total. The number of halogens is 1. The van der Waals surface area contributed by atoms with Crippen molar-refractivity contribution >= 4 is 35.8 Å². The predicted octanol–water partition coefficient (Wildman–Crippen LogP) is 1.74. The number of guanidine groups is 1. The van der Waals surface area contributed by atoms with E-state index in [0.717, 1.165) is 25.3 Å². The Bertz CT molecular complexity index is 453. The van der Waals surface area contributed by atoms with E-state index < -0.39 is 0 Å². The number of pyridine rings is 1. The third-order valence-corrected chi connectivity index (χ3v) is 3.04. The zero-order valence-corrected chi connectivity index (χ0v) is 15.8. The number of unbranched alkanes of at least 4 members (excludes halogenated alkanes) is 1. The van der Waals surface area contributed by atoms with Gasteiger partial charge in [0.1, 0.15) is 0 Å². The summed E-state index contributed by atoms with van der Waals surface area (Å²) in [5.74, 6) is 0.735. The van der Waals surface area contributed by atoms with Crippen LogP contribution in [0.25, 0.3) is 0 Å². The van der Waals surface area contributed by atoms with Crippen LogP contribution in [0.4, 0.5) is 0 Å². The van der Waals surface area contributed by atoms with Crippen molar-refractivity contribution in [2.75, 3.05) is 33.7 Å². The summed E-state index contributed by atoms with van der Waals surface area (Å²) in [4.78, 5) is 22.1. The Morgan fingerprint density at radius 1 is 1.36 bits per heavy atom. The van der Waals surface area contributed by atoms with Crippen molar-refractivity contribution < 1.29 is 4.79 Å². The maximum atomic E-state index is 11.8. The molecule has 0 radical (unpaired) electrons. The van der Waals surface area contributed by atoms with E-state index >= 15 is 0 Å². The first-order valence-corrected chi connectivity index (χ1v) is 7.29. The van der Waals surface area contributed by atoms with Crippen molar-refractivity contribution in [2.45, 2.75) is 19.8 Å². The lowest BCUT2D eigenvalue weighted by molar-refractivity contribution is 0.0954. The highest BCUT2D eigenvalue weighted by atomic mass is 127. The monoisotopic (exact) mass is 419 g/mol. The number of carbonyl (C=O) groups excluding carboxylic acids is 1. The van der Waals surface area contributed by atoms with Gasteiger partial charge in [0.15, 0.2) is 5.96 Å². The van der Waals surface area contributed by atoms with Gasteiger partial charge in [-0.1, -0.05) is 13.3 Å². The summed E-state index contributed by atoms with van der Waals surface area (Å²) in [5, 5.41) is 6.08. The Kier molecular flexibility index (Phi) is 11.4. The fraction of sp³-hybridized carbons (Fsp3) is 0.533. The summed E-state index contributed by atoms with van der Waals surface area (Å²) >= 11 is 0. The number of hydrogen-bond acceptors (Lipinski definition) is 3. The molecule has 1 amide bonds. The smallest absolute Gasteiger partial charge is 0.252 e. The molecule has 1 heterocycles. The van der Waals surface area contributed by atoms with Gasteiger partial charge < -0.3 is 15.5 Å². The van der Waals surface area contributed by atoms with E-state index in [9.17, 15) is 4.79 Å². The van der Waals surface area contributed by atoms with Gasteiger partial charge in [-0.25, -0.2) is 0 Å². The highest BCUT2D eigenvalue weighted by Crippen LogP contribution is 1.94. The summed E-state index contributed by atoms with van der Waals surface area (Å²) in [6, 6.07) is 3.49. The zero-order chi connectivity index (χ0) is 15.5. The fourth-order valence-electron chi connectivity index (χ4n) is 1.84. The molecule has 0 saturated carbocycles. The van der Waals surface area contributed by atoms with Gasteiger partial charge in [-0.2, -0.15) is 0 Å². The molecule has 1 rings (SSSR count). The summed E-state index contributed by atoms with van der Waals surface area (Å²) in [7, 11) is 3.78. The molecule has 7 heteroatoms. The Labute approximate surface area is 149 Å². The SMILES string of the molecule is CCCCN(C)C(=NC)NCCNC(=O)c1cccnc1.I. The Morgan fingerprint density at radius 3 is 2.68 bits per heavy atom. The first-order valence-electron chi connectivity index (χ1n) is 7.29. The summed E-state index contributed by atoms with van der Waals surface area (Å²) in [6.45, 7) is 4.31. The van der Waals surface area contributed by atoms with Gasteiger partial charge in [0, 0.05) is 46.1 Å². The lowest BCUT2D eigenvalue weighted by atomic mass is 10.3. The van der Waals surface area contributed by atoms with Crippen LogP contribution in [0, 0.1) is 0 Å². The van der Waals surface area contributed by atoms with Crippen molar-refractivity contribution in [1.29, 1.82) is 0 Å². The van der Waals surface area contributed by atoms with Crippen LogP contribution in [0.2, 0.25) is 0 Å². The molecule has 0 fully saturated rings. The average Bonchev–Trinajstić information content (AvgIpc) is 2.53. The maximum absolute atomic E-state index is 11.8. The van der Waals surface area contributed by atoms with E-state index in [-0.39, 0.29) is 29.9 Å². The Morgan fingerprint density at radius 2 is 2.09 bits per heavy atom. The molecular formula is C15H26IN5O. The number of aromatic nitrogens is 1. The highest BCUT2D eigenvalue weighted by Gasteiger charge is 2.06. The van der Waals surface area contributed by atoms with Crippen molar-refractivity contribution in [3.63, 3.8) is 0 Å². The minimum absolute atomic E-state index is 0. The van der Waals surface area contributed by atoms with E-state index in [1.165, 1.54) is 0 Å². The van der Waals surface area contributed by atoms with Crippen LogP contribution >= 0.6 is 24.0 Å². The molecule has 0 aliphatic carbocycles. The number of rotatable bonds is 7. The first-order chi connectivity index (χ1) is 10.2. The van der Waals surface area contributed by atoms with Gasteiger partial charge in [0.2, 0.25) is 0 Å². The second kappa shape index (κ2) is 12.2. The molecule has 124 valence electrons. The molecule has 22 heavy (non-hydrogen) atoms. The highest BCUT2D eigenvalue weighted by molar-refractivity contribution is 14.0. The fourth-order valence-corrected chi connectivity index (χ4v) is 1.84. The summed E-state index contributed by atoms with van der Waals surface area (Å²) in [5.41, 5.74) is 0.571. The van der Waals surface area contributed by atoms with Gasteiger partial charge in [0.25, 0.3) is 5.91 Å². The van der Waals surface area contributed by atoms with Gasteiger partial charge in [-0.15, -0.1) is 24.0 Å². The second-order valence-electron chi connectivity index (χ2n) is 4.75. The van der Waals surface area contributed by atoms with E-state index in [0.29, 0.717) is 18.7 Å². The molecule has 1 aromatic rings. The molecular weight excluding hydrogens is 393 g/mol. The van der Waals surface area contributed by atoms with Gasteiger partial charge in [-0.3, -0.25) is 14.8 Å². The molecule has 0 aliphatic heterocycles. The average molecular weight is 419 g/mol. The minimum Gasteiger partial charge on any atom is -0.354 e. The largest absolute Gasteiger partial charge is 0.354 e. The molecule has 1 aromatic heterocycles. The minimum atomic E-state index is -0.112. The number of aliphatic imine (C=N–C) groups is 1. The predicted molar refractivity (Wildman–Crippen MR) is 101 cm³/mol. The lowest BCUT2D eigenvalue weighted by Crippen LogP contribution is -2.42. The van der Waals surface area contributed by atoms with Crippen LogP contribution < -0.4 is 10.6 Å². The number of amides is 1. The van der Waals surface area contributed by atoms with E-state index in [1.807, 2.05) is 7.05 Å². The van der Waals surface area contributed by atoms with Crippen molar-refractivity contribution in [2.24, 2.45) is 4.99 Å². The molecule has 0 unspecified atom stereocenters. The summed E-state index contributed by atoms with van der Waals surface area (Å²) in [6.07, 6.45) is 5.49. The second-order valence-corrected chi connectivity index (χ2v) is 4.75. The number of carbonyl (C=O) groups is 1. The Hall–Kier alpha value is -1.38. The first kappa shape index (κ1) is 20.6. The van der Waals surface area contributed by atoms with Crippen molar-refractivity contribution in [3.8, 4) is 0 Å². The molecule has 0 spiro atoms. The maximum Gasteiger partial charge on any atom is 0.252 e. The van der Waals surface area contributed by atoms with Gasteiger partial charge in [0.05, 0.1) is 5.56 Å². The van der Waals surface area contributed by atoms with Crippen LogP contribution in [-0.4, -0.2) is 55.5 Å². The molecule has 2 N–H and O–H groups in total. The topological polar surface area (TPSA) is 69.6 Å². The molecule has 0 aliphatic rings. The molecule has 0 aromatic carbocycles. The molecule has 0 bridgehead atoms. The van der Waals surface area contributed by atoms with Gasteiger partial charge in [-0.05, 0) is 18.6 Å². The Balaban J connectivity index is 0.00000441.